The van der Waals surface area contributed by atoms with Crippen molar-refractivity contribution in [2.75, 3.05) is 27.1 Å². The molecule has 41 heavy (non-hydrogen) atoms. The van der Waals surface area contributed by atoms with Gasteiger partial charge in [-0.2, -0.15) is 0 Å². The standard InChI is InChI=1S/C30H31N5O6/c1-38-22-7-4-6-21(15-22)29(30(37)31-16-23-8-5-13-39-23)34(17-20-11-12-26-27(14-20)41-19-40-26)28(36)18-35-25-10-3-2-9-24(25)32-33-35/h2-4,6-7,9-12,14-15,23,29H,5,8,13,16-19H2,1H3,(H,31,37). The average molecular weight is 558 g/mol. The third-order valence-corrected chi connectivity index (χ3v) is 7.31. The summed E-state index contributed by atoms with van der Waals surface area (Å²) in [7, 11) is 1.57. The molecule has 4 aromatic rings. The second-order valence-corrected chi connectivity index (χ2v) is 10.0. The number of nitrogens with zero attached hydrogens (tertiary/aromatic N) is 4. The summed E-state index contributed by atoms with van der Waals surface area (Å²) in [4.78, 5) is 29.7. The maximum atomic E-state index is 14.2. The topological polar surface area (TPSA) is 117 Å². The van der Waals surface area contributed by atoms with Gasteiger partial charge in [0.1, 0.15) is 23.9 Å². The van der Waals surface area contributed by atoms with Crippen LogP contribution < -0.4 is 19.5 Å². The molecular weight excluding hydrogens is 526 g/mol. The summed E-state index contributed by atoms with van der Waals surface area (Å²) in [6.07, 6.45) is 1.79. The Hall–Kier alpha value is -4.64. The number of nitrogens with one attached hydrogen (secondary N) is 1. The van der Waals surface area contributed by atoms with Gasteiger partial charge in [0.15, 0.2) is 11.5 Å². The molecule has 0 spiro atoms. The SMILES string of the molecule is COc1cccc(C(C(=O)NCC2CCCO2)N(Cc2ccc3c(c2)OCO3)C(=O)Cn2nnc3ccccc32)c1. The number of para-hydroxylation sites is 1. The molecule has 2 amide bonds. The Morgan fingerprint density at radius 2 is 1.98 bits per heavy atom. The Labute approximate surface area is 236 Å². The van der Waals surface area contributed by atoms with Gasteiger partial charge in [-0.25, -0.2) is 4.68 Å². The maximum Gasteiger partial charge on any atom is 0.247 e. The van der Waals surface area contributed by atoms with Gasteiger partial charge >= 0.3 is 0 Å². The average Bonchev–Trinajstić information content (AvgIpc) is 3.77. The Kier molecular flexibility index (Phi) is 7.68. The van der Waals surface area contributed by atoms with Crippen molar-refractivity contribution in [3.8, 4) is 17.2 Å². The van der Waals surface area contributed by atoms with E-state index in [-0.39, 0.29) is 37.8 Å². The fourth-order valence-electron chi connectivity index (χ4n) is 5.21. The predicted molar refractivity (Wildman–Crippen MR) is 148 cm³/mol. The van der Waals surface area contributed by atoms with Crippen LogP contribution in [-0.4, -0.2) is 64.9 Å². The van der Waals surface area contributed by atoms with Crippen LogP contribution in [0, 0.1) is 0 Å². The number of hydrogen-bond acceptors (Lipinski definition) is 8. The Morgan fingerprint density at radius 3 is 2.83 bits per heavy atom. The molecule has 11 nitrogen and oxygen atoms in total. The van der Waals surface area contributed by atoms with Gasteiger partial charge in [0, 0.05) is 19.7 Å². The van der Waals surface area contributed by atoms with Crippen molar-refractivity contribution in [2.24, 2.45) is 0 Å². The molecule has 2 atom stereocenters. The van der Waals surface area contributed by atoms with Gasteiger partial charge in [0.05, 0.1) is 18.7 Å². The van der Waals surface area contributed by atoms with Crippen molar-refractivity contribution in [1.82, 2.24) is 25.2 Å². The third-order valence-electron chi connectivity index (χ3n) is 7.31. The summed E-state index contributed by atoms with van der Waals surface area (Å²) in [6.45, 7) is 1.21. The van der Waals surface area contributed by atoms with Crippen LogP contribution in [0.4, 0.5) is 0 Å². The molecule has 2 aliphatic heterocycles. The van der Waals surface area contributed by atoms with Crippen molar-refractivity contribution in [3.63, 3.8) is 0 Å². The monoisotopic (exact) mass is 557 g/mol. The minimum absolute atomic E-state index is 0.0515. The predicted octanol–water partition coefficient (Wildman–Crippen LogP) is 3.23. The van der Waals surface area contributed by atoms with Crippen molar-refractivity contribution < 1.29 is 28.5 Å². The summed E-state index contributed by atoms with van der Waals surface area (Å²) >= 11 is 0. The second kappa shape index (κ2) is 11.8. The van der Waals surface area contributed by atoms with E-state index < -0.39 is 6.04 Å². The van der Waals surface area contributed by atoms with Crippen LogP contribution in [0.2, 0.25) is 0 Å². The first kappa shape index (κ1) is 26.6. The largest absolute Gasteiger partial charge is 0.497 e. The number of carbonyl (C=O) groups excluding carboxylic acids is 2. The third kappa shape index (κ3) is 5.80. The van der Waals surface area contributed by atoms with Crippen LogP contribution in [-0.2, 0) is 27.4 Å². The molecule has 1 saturated heterocycles. The summed E-state index contributed by atoms with van der Waals surface area (Å²) in [5.74, 6) is 1.19. The number of hydrogen-bond donors (Lipinski definition) is 1. The first-order valence-corrected chi connectivity index (χ1v) is 13.6. The van der Waals surface area contributed by atoms with E-state index in [0.717, 1.165) is 23.9 Å². The van der Waals surface area contributed by atoms with Crippen molar-refractivity contribution >= 4 is 22.8 Å². The van der Waals surface area contributed by atoms with E-state index in [0.29, 0.717) is 41.5 Å². The zero-order chi connectivity index (χ0) is 28.2. The smallest absolute Gasteiger partial charge is 0.247 e. The zero-order valence-electron chi connectivity index (χ0n) is 22.7. The molecule has 1 aromatic heterocycles. The fourth-order valence-corrected chi connectivity index (χ4v) is 5.21. The molecule has 6 rings (SSSR count). The fraction of sp³-hybridized carbons (Fsp3) is 0.333. The molecule has 3 heterocycles. The molecule has 2 aliphatic rings. The Balaban J connectivity index is 1.37. The van der Waals surface area contributed by atoms with E-state index in [2.05, 4.69) is 15.6 Å². The number of methoxy groups -OCH3 is 1. The highest BCUT2D eigenvalue weighted by atomic mass is 16.7. The molecule has 3 aromatic carbocycles. The van der Waals surface area contributed by atoms with Gasteiger partial charge < -0.3 is 29.2 Å². The van der Waals surface area contributed by atoms with E-state index in [4.69, 9.17) is 18.9 Å². The first-order chi connectivity index (χ1) is 20.1. The van der Waals surface area contributed by atoms with Gasteiger partial charge in [-0.05, 0) is 60.4 Å². The van der Waals surface area contributed by atoms with Gasteiger partial charge in [-0.3, -0.25) is 9.59 Å². The lowest BCUT2D eigenvalue weighted by Gasteiger charge is -2.32. The second-order valence-electron chi connectivity index (χ2n) is 10.0. The molecule has 0 saturated carbocycles. The number of rotatable bonds is 10. The van der Waals surface area contributed by atoms with E-state index in [1.807, 2.05) is 54.6 Å². The molecule has 0 aliphatic carbocycles. The number of amides is 2. The van der Waals surface area contributed by atoms with Crippen molar-refractivity contribution in [3.05, 3.63) is 77.9 Å². The minimum Gasteiger partial charge on any atom is -0.497 e. The normalized spacial score (nSPS) is 16.5. The van der Waals surface area contributed by atoms with Crippen LogP contribution in [0.1, 0.15) is 30.0 Å². The van der Waals surface area contributed by atoms with E-state index in [1.165, 1.54) is 0 Å². The molecule has 0 radical (unpaired) electrons. The lowest BCUT2D eigenvalue weighted by molar-refractivity contribution is -0.142. The molecule has 0 bridgehead atoms. The van der Waals surface area contributed by atoms with Crippen LogP contribution in [0.3, 0.4) is 0 Å². The van der Waals surface area contributed by atoms with Crippen molar-refractivity contribution in [1.29, 1.82) is 0 Å². The molecule has 11 heteroatoms. The lowest BCUT2D eigenvalue weighted by atomic mass is 10.0. The summed E-state index contributed by atoms with van der Waals surface area (Å²) in [6, 6.07) is 19.2. The van der Waals surface area contributed by atoms with Crippen LogP contribution in [0.25, 0.3) is 11.0 Å². The zero-order valence-corrected chi connectivity index (χ0v) is 22.7. The van der Waals surface area contributed by atoms with Crippen LogP contribution in [0.15, 0.2) is 66.7 Å². The van der Waals surface area contributed by atoms with E-state index in [9.17, 15) is 9.59 Å². The van der Waals surface area contributed by atoms with Crippen molar-refractivity contribution in [2.45, 2.75) is 38.1 Å². The highest BCUT2D eigenvalue weighted by Crippen LogP contribution is 2.34. The number of fused-ring (bicyclic) bond motifs is 2. The first-order valence-electron chi connectivity index (χ1n) is 13.6. The van der Waals surface area contributed by atoms with Crippen LogP contribution in [0.5, 0.6) is 17.2 Å². The molecule has 1 fully saturated rings. The minimum atomic E-state index is -0.959. The highest BCUT2D eigenvalue weighted by Gasteiger charge is 2.33. The van der Waals surface area contributed by atoms with Gasteiger partial charge in [-0.15, -0.1) is 5.10 Å². The molecule has 212 valence electrons. The number of benzene rings is 3. The Morgan fingerprint density at radius 1 is 1.10 bits per heavy atom. The molecule has 2 unspecified atom stereocenters. The molecule has 1 N–H and O–H groups in total. The Bertz CT molecular complexity index is 1550. The number of ether oxygens (including phenoxy) is 4. The van der Waals surface area contributed by atoms with E-state index in [1.54, 1.807) is 28.8 Å². The van der Waals surface area contributed by atoms with Gasteiger partial charge in [0.2, 0.25) is 18.6 Å². The van der Waals surface area contributed by atoms with E-state index >= 15 is 0 Å². The summed E-state index contributed by atoms with van der Waals surface area (Å²) < 4.78 is 23.8. The van der Waals surface area contributed by atoms with Gasteiger partial charge in [-0.1, -0.05) is 35.5 Å². The lowest BCUT2D eigenvalue weighted by Crippen LogP contribution is -2.46. The van der Waals surface area contributed by atoms with Gasteiger partial charge in [0.25, 0.3) is 0 Å². The quantitative estimate of drug-likeness (QED) is 0.316. The maximum absolute atomic E-state index is 14.2. The molecular formula is C30H31N5O6. The van der Waals surface area contributed by atoms with Crippen LogP contribution >= 0.6 is 0 Å². The summed E-state index contributed by atoms with van der Waals surface area (Å²) in [5.41, 5.74) is 2.81. The highest BCUT2D eigenvalue weighted by molar-refractivity contribution is 5.89. The number of aromatic nitrogens is 3. The number of carbonyl (C=O) groups is 2. The summed E-state index contributed by atoms with van der Waals surface area (Å²) in [5, 5.41) is 11.4.